The highest BCUT2D eigenvalue weighted by atomic mass is 16.5. The maximum absolute atomic E-state index is 8.83. The molecule has 4 heteroatoms. The van der Waals surface area contributed by atoms with E-state index in [-0.39, 0.29) is 17.8 Å². The summed E-state index contributed by atoms with van der Waals surface area (Å²) in [4.78, 5) is 4.60. The van der Waals surface area contributed by atoms with E-state index in [4.69, 9.17) is 14.6 Å². The fraction of sp³-hybridized carbons (Fsp3) is 0.688. The van der Waals surface area contributed by atoms with Gasteiger partial charge in [0.2, 0.25) is 0 Å². The molecule has 0 amide bonds. The summed E-state index contributed by atoms with van der Waals surface area (Å²) in [5.41, 5.74) is 1.40. The Hall–Kier alpha value is -0.970. The standard InChI is InChI=1S/C16H27NO3/c1-15(2,3)20-12-14-8-6-7-13(17-14)11-16(4,5)19-10-9-18/h6-8,18H,9-12H2,1-5H3. The van der Waals surface area contributed by atoms with Gasteiger partial charge < -0.3 is 14.6 Å². The van der Waals surface area contributed by atoms with E-state index in [1.165, 1.54) is 0 Å². The maximum atomic E-state index is 8.83. The Balaban J connectivity index is 2.63. The summed E-state index contributed by atoms with van der Waals surface area (Å²) >= 11 is 0. The molecule has 20 heavy (non-hydrogen) atoms. The summed E-state index contributed by atoms with van der Waals surface area (Å²) < 4.78 is 11.4. The molecule has 0 atom stereocenters. The number of pyridine rings is 1. The van der Waals surface area contributed by atoms with Gasteiger partial charge in [-0.15, -0.1) is 0 Å². The first-order valence-electron chi connectivity index (χ1n) is 7.05. The summed E-state index contributed by atoms with van der Waals surface area (Å²) in [6.45, 7) is 11.0. The van der Waals surface area contributed by atoms with Crippen molar-refractivity contribution >= 4 is 0 Å². The van der Waals surface area contributed by atoms with Crippen LogP contribution in [-0.4, -0.2) is 34.5 Å². The Morgan fingerprint density at radius 1 is 1.05 bits per heavy atom. The molecule has 114 valence electrons. The first-order chi connectivity index (χ1) is 9.22. The van der Waals surface area contributed by atoms with Gasteiger partial charge in [-0.2, -0.15) is 0 Å². The summed E-state index contributed by atoms with van der Waals surface area (Å²) in [5, 5.41) is 8.83. The molecule has 1 heterocycles. The highest BCUT2D eigenvalue weighted by molar-refractivity contribution is 5.12. The number of aliphatic hydroxyl groups is 1. The SMILES string of the molecule is CC(C)(C)OCc1cccc(CC(C)(C)OCCO)n1. The smallest absolute Gasteiger partial charge is 0.0895 e. The lowest BCUT2D eigenvalue weighted by Gasteiger charge is -2.25. The summed E-state index contributed by atoms with van der Waals surface area (Å²) in [7, 11) is 0. The van der Waals surface area contributed by atoms with Crippen LogP contribution in [0.2, 0.25) is 0 Å². The monoisotopic (exact) mass is 281 g/mol. The maximum Gasteiger partial charge on any atom is 0.0895 e. The van der Waals surface area contributed by atoms with Gasteiger partial charge in [0.1, 0.15) is 0 Å². The number of nitrogens with zero attached hydrogens (tertiary/aromatic N) is 1. The Kier molecular flexibility index (Phi) is 6.11. The van der Waals surface area contributed by atoms with Gasteiger partial charge in [-0.3, -0.25) is 4.98 Å². The molecule has 1 aromatic rings. The van der Waals surface area contributed by atoms with Crippen molar-refractivity contribution in [2.45, 2.75) is 58.8 Å². The number of hydrogen-bond acceptors (Lipinski definition) is 4. The average molecular weight is 281 g/mol. The van der Waals surface area contributed by atoms with Gasteiger partial charge in [-0.05, 0) is 46.8 Å². The molecule has 0 radical (unpaired) electrons. The van der Waals surface area contributed by atoms with Crippen molar-refractivity contribution in [1.82, 2.24) is 4.98 Å². The van der Waals surface area contributed by atoms with E-state index in [2.05, 4.69) is 4.98 Å². The molecule has 4 nitrogen and oxygen atoms in total. The molecule has 0 aliphatic rings. The minimum atomic E-state index is -0.334. The van der Waals surface area contributed by atoms with E-state index in [1.54, 1.807) is 0 Å². The Labute approximate surface area is 122 Å². The van der Waals surface area contributed by atoms with Crippen LogP contribution in [0.3, 0.4) is 0 Å². The third-order valence-corrected chi connectivity index (χ3v) is 2.71. The molecule has 0 unspecified atom stereocenters. The van der Waals surface area contributed by atoms with Gasteiger partial charge in [0.05, 0.1) is 36.7 Å². The molecule has 1 rings (SSSR count). The normalized spacial score (nSPS) is 12.7. The lowest BCUT2D eigenvalue weighted by molar-refractivity contribution is -0.0333. The zero-order valence-corrected chi connectivity index (χ0v) is 13.3. The second-order valence-electron chi connectivity index (χ2n) is 6.53. The van der Waals surface area contributed by atoms with Crippen molar-refractivity contribution in [3.63, 3.8) is 0 Å². The van der Waals surface area contributed by atoms with Crippen LogP contribution in [0.5, 0.6) is 0 Å². The van der Waals surface area contributed by atoms with Crippen LogP contribution in [0.1, 0.15) is 46.0 Å². The molecule has 0 aliphatic carbocycles. The predicted molar refractivity (Wildman–Crippen MR) is 79.6 cm³/mol. The Bertz CT molecular complexity index is 410. The van der Waals surface area contributed by atoms with Crippen molar-refractivity contribution in [1.29, 1.82) is 0 Å². The van der Waals surface area contributed by atoms with Crippen LogP contribution in [0.15, 0.2) is 18.2 Å². The molecular formula is C16H27NO3. The zero-order valence-electron chi connectivity index (χ0n) is 13.3. The molecular weight excluding hydrogens is 254 g/mol. The highest BCUT2D eigenvalue weighted by Crippen LogP contribution is 2.17. The molecule has 0 aliphatic heterocycles. The number of ether oxygens (including phenoxy) is 2. The van der Waals surface area contributed by atoms with E-state index in [1.807, 2.05) is 52.8 Å². The van der Waals surface area contributed by atoms with Gasteiger partial charge in [0.25, 0.3) is 0 Å². The molecule has 0 spiro atoms. The minimum absolute atomic E-state index is 0.0380. The van der Waals surface area contributed by atoms with Gasteiger partial charge in [0, 0.05) is 12.1 Å². The molecule has 1 N–H and O–H groups in total. The summed E-state index contributed by atoms with van der Waals surface area (Å²) in [5.74, 6) is 0. The van der Waals surface area contributed by atoms with E-state index in [9.17, 15) is 0 Å². The van der Waals surface area contributed by atoms with E-state index in [0.717, 1.165) is 11.4 Å². The summed E-state index contributed by atoms with van der Waals surface area (Å²) in [6, 6.07) is 5.95. The van der Waals surface area contributed by atoms with Crippen LogP contribution in [-0.2, 0) is 22.5 Å². The number of hydrogen-bond donors (Lipinski definition) is 1. The van der Waals surface area contributed by atoms with Crippen molar-refractivity contribution in [3.8, 4) is 0 Å². The number of aromatic nitrogens is 1. The molecule has 1 aromatic heterocycles. The third-order valence-electron chi connectivity index (χ3n) is 2.71. The average Bonchev–Trinajstić information content (AvgIpc) is 2.33. The lowest BCUT2D eigenvalue weighted by Crippen LogP contribution is -2.29. The van der Waals surface area contributed by atoms with E-state index < -0.39 is 0 Å². The number of aliphatic hydroxyl groups excluding tert-OH is 1. The quantitative estimate of drug-likeness (QED) is 0.835. The lowest BCUT2D eigenvalue weighted by atomic mass is 10.0. The molecule has 0 saturated carbocycles. The molecule has 0 aromatic carbocycles. The van der Waals surface area contributed by atoms with Crippen LogP contribution in [0.4, 0.5) is 0 Å². The first-order valence-corrected chi connectivity index (χ1v) is 7.05. The van der Waals surface area contributed by atoms with Gasteiger partial charge >= 0.3 is 0 Å². The van der Waals surface area contributed by atoms with Gasteiger partial charge in [0.15, 0.2) is 0 Å². The molecule has 0 fully saturated rings. The Morgan fingerprint density at radius 2 is 1.70 bits per heavy atom. The largest absolute Gasteiger partial charge is 0.394 e. The van der Waals surface area contributed by atoms with Crippen LogP contribution in [0, 0.1) is 0 Å². The topological polar surface area (TPSA) is 51.6 Å². The third kappa shape index (κ3) is 6.98. The summed E-state index contributed by atoms with van der Waals surface area (Å²) in [6.07, 6.45) is 0.705. The second-order valence-corrected chi connectivity index (χ2v) is 6.53. The van der Waals surface area contributed by atoms with E-state index in [0.29, 0.717) is 19.6 Å². The molecule has 0 bridgehead atoms. The Morgan fingerprint density at radius 3 is 2.30 bits per heavy atom. The van der Waals surface area contributed by atoms with Crippen molar-refractivity contribution < 1.29 is 14.6 Å². The minimum Gasteiger partial charge on any atom is -0.394 e. The van der Waals surface area contributed by atoms with Crippen molar-refractivity contribution in [3.05, 3.63) is 29.6 Å². The fourth-order valence-corrected chi connectivity index (χ4v) is 1.81. The van der Waals surface area contributed by atoms with Gasteiger partial charge in [-0.1, -0.05) is 6.07 Å². The highest BCUT2D eigenvalue weighted by Gasteiger charge is 2.20. The van der Waals surface area contributed by atoms with Crippen LogP contribution >= 0.6 is 0 Å². The first kappa shape index (κ1) is 17.1. The van der Waals surface area contributed by atoms with Crippen molar-refractivity contribution in [2.75, 3.05) is 13.2 Å². The number of rotatable bonds is 7. The zero-order chi connectivity index (χ0) is 15.2. The fourth-order valence-electron chi connectivity index (χ4n) is 1.81. The van der Waals surface area contributed by atoms with E-state index >= 15 is 0 Å². The van der Waals surface area contributed by atoms with Gasteiger partial charge in [-0.25, -0.2) is 0 Å². The van der Waals surface area contributed by atoms with Crippen LogP contribution in [0.25, 0.3) is 0 Å². The second kappa shape index (κ2) is 7.16. The predicted octanol–water partition coefficient (Wildman–Crippen LogP) is 2.73. The molecule has 0 saturated heterocycles. The van der Waals surface area contributed by atoms with Crippen LogP contribution < -0.4 is 0 Å². The van der Waals surface area contributed by atoms with Crippen molar-refractivity contribution in [2.24, 2.45) is 0 Å².